The molecule has 1 aromatic rings. The zero-order chi connectivity index (χ0) is 14.9. The van der Waals surface area contributed by atoms with E-state index in [0.717, 1.165) is 39.0 Å². The Morgan fingerprint density at radius 3 is 2.81 bits per heavy atom. The van der Waals surface area contributed by atoms with Crippen molar-refractivity contribution in [2.24, 2.45) is 5.41 Å². The number of amides is 1. The van der Waals surface area contributed by atoms with Crippen molar-refractivity contribution < 1.29 is 4.79 Å². The van der Waals surface area contributed by atoms with Crippen LogP contribution >= 0.6 is 0 Å². The second-order valence-corrected chi connectivity index (χ2v) is 6.69. The van der Waals surface area contributed by atoms with E-state index >= 15 is 0 Å². The first kappa shape index (κ1) is 14.5. The molecule has 1 aromatic heterocycles. The van der Waals surface area contributed by atoms with Gasteiger partial charge in [0.25, 0.3) is 5.91 Å². The number of carbonyl (C=O) groups excluding carboxylic acids is 1. The summed E-state index contributed by atoms with van der Waals surface area (Å²) in [7, 11) is 2.14. The molecule has 0 spiro atoms. The molecule has 116 valence electrons. The van der Waals surface area contributed by atoms with Crippen LogP contribution in [0.3, 0.4) is 0 Å². The van der Waals surface area contributed by atoms with Gasteiger partial charge in [0.15, 0.2) is 5.69 Å². The lowest BCUT2D eigenvalue weighted by Gasteiger charge is -2.37. The third-order valence-corrected chi connectivity index (χ3v) is 4.75. The van der Waals surface area contributed by atoms with E-state index in [1.54, 1.807) is 10.9 Å². The van der Waals surface area contributed by atoms with E-state index in [1.807, 2.05) is 0 Å². The van der Waals surface area contributed by atoms with Gasteiger partial charge in [0.2, 0.25) is 0 Å². The Morgan fingerprint density at radius 2 is 2.19 bits per heavy atom. The summed E-state index contributed by atoms with van der Waals surface area (Å²) in [4.78, 5) is 14.5. The summed E-state index contributed by atoms with van der Waals surface area (Å²) >= 11 is 0. The summed E-state index contributed by atoms with van der Waals surface area (Å²) in [5, 5.41) is 14.2. The largest absolute Gasteiger partial charge is 0.350 e. The molecule has 7 nitrogen and oxygen atoms in total. The van der Waals surface area contributed by atoms with Crippen LogP contribution in [0.5, 0.6) is 0 Å². The van der Waals surface area contributed by atoms with Gasteiger partial charge in [-0.2, -0.15) is 0 Å². The van der Waals surface area contributed by atoms with Crippen LogP contribution in [0.1, 0.15) is 36.3 Å². The van der Waals surface area contributed by atoms with Crippen molar-refractivity contribution in [2.75, 3.05) is 39.8 Å². The second kappa shape index (κ2) is 5.73. The highest BCUT2D eigenvalue weighted by molar-refractivity contribution is 5.91. The summed E-state index contributed by atoms with van der Waals surface area (Å²) < 4.78 is 1.78. The van der Waals surface area contributed by atoms with Gasteiger partial charge in [0, 0.05) is 19.6 Å². The van der Waals surface area contributed by atoms with Crippen LogP contribution in [-0.4, -0.2) is 65.6 Å². The standard InChI is InChI=1S/C14H24N6O/c1-14(3-5-19(2)6-4-14)10-16-13(21)12-9-20(18-17-12)11-7-15-8-11/h9,11,15H,3-8,10H2,1-2H3,(H,16,21). The van der Waals surface area contributed by atoms with Gasteiger partial charge in [0.1, 0.15) is 0 Å². The Hall–Kier alpha value is -1.47. The highest BCUT2D eigenvalue weighted by Gasteiger charge is 2.29. The predicted molar refractivity (Wildman–Crippen MR) is 79.1 cm³/mol. The number of hydrogen-bond acceptors (Lipinski definition) is 5. The van der Waals surface area contributed by atoms with E-state index in [2.05, 4.69) is 39.8 Å². The number of carbonyl (C=O) groups is 1. The van der Waals surface area contributed by atoms with Gasteiger partial charge in [-0.15, -0.1) is 5.10 Å². The topological polar surface area (TPSA) is 75.1 Å². The van der Waals surface area contributed by atoms with E-state index in [9.17, 15) is 4.79 Å². The van der Waals surface area contributed by atoms with E-state index in [4.69, 9.17) is 0 Å². The van der Waals surface area contributed by atoms with E-state index < -0.39 is 0 Å². The smallest absolute Gasteiger partial charge is 0.273 e. The van der Waals surface area contributed by atoms with Crippen molar-refractivity contribution in [2.45, 2.75) is 25.8 Å². The van der Waals surface area contributed by atoms with Crippen LogP contribution in [0.15, 0.2) is 6.20 Å². The van der Waals surface area contributed by atoms with Crippen LogP contribution in [-0.2, 0) is 0 Å². The molecule has 3 rings (SSSR count). The average molecular weight is 292 g/mol. The first-order valence-corrected chi connectivity index (χ1v) is 7.65. The van der Waals surface area contributed by atoms with E-state index in [1.165, 1.54) is 0 Å². The summed E-state index contributed by atoms with van der Waals surface area (Å²) in [5.41, 5.74) is 0.606. The number of likely N-dealkylation sites (tertiary alicyclic amines) is 1. The number of hydrogen-bond donors (Lipinski definition) is 2. The highest BCUT2D eigenvalue weighted by Crippen LogP contribution is 2.29. The average Bonchev–Trinajstić information content (AvgIpc) is 2.87. The summed E-state index contributed by atoms with van der Waals surface area (Å²) in [6.45, 7) is 6.94. The fourth-order valence-corrected chi connectivity index (χ4v) is 2.74. The zero-order valence-electron chi connectivity index (χ0n) is 12.8. The summed E-state index contributed by atoms with van der Waals surface area (Å²) in [6.07, 6.45) is 3.98. The molecule has 21 heavy (non-hydrogen) atoms. The minimum atomic E-state index is -0.117. The van der Waals surface area contributed by atoms with Crippen molar-refractivity contribution in [1.29, 1.82) is 0 Å². The maximum Gasteiger partial charge on any atom is 0.273 e. The molecule has 0 bridgehead atoms. The van der Waals surface area contributed by atoms with Gasteiger partial charge in [-0.25, -0.2) is 4.68 Å². The molecule has 0 saturated carbocycles. The molecule has 1 amide bonds. The quantitative estimate of drug-likeness (QED) is 0.809. The maximum atomic E-state index is 12.2. The molecular formula is C14H24N6O. The Morgan fingerprint density at radius 1 is 1.48 bits per heavy atom. The summed E-state index contributed by atoms with van der Waals surface area (Å²) in [6, 6.07) is 0.338. The van der Waals surface area contributed by atoms with E-state index in [-0.39, 0.29) is 11.3 Å². The third kappa shape index (κ3) is 3.24. The van der Waals surface area contributed by atoms with Crippen LogP contribution in [0.4, 0.5) is 0 Å². The Labute approximate surface area is 125 Å². The highest BCUT2D eigenvalue weighted by atomic mass is 16.2. The SMILES string of the molecule is CN1CCC(C)(CNC(=O)c2cn(C3CNC3)nn2)CC1. The molecule has 7 heteroatoms. The lowest BCUT2D eigenvalue weighted by atomic mass is 9.80. The molecular weight excluding hydrogens is 268 g/mol. The number of nitrogens with zero attached hydrogens (tertiary/aromatic N) is 4. The molecule has 2 N–H and O–H groups in total. The monoisotopic (exact) mass is 292 g/mol. The van der Waals surface area contributed by atoms with Crippen LogP contribution < -0.4 is 10.6 Å². The lowest BCUT2D eigenvalue weighted by molar-refractivity contribution is 0.0886. The number of piperidine rings is 1. The van der Waals surface area contributed by atoms with Crippen LogP contribution in [0.2, 0.25) is 0 Å². The molecule has 2 aliphatic rings. The molecule has 0 aromatic carbocycles. The van der Waals surface area contributed by atoms with Crippen molar-refractivity contribution in [3.05, 3.63) is 11.9 Å². The first-order valence-electron chi connectivity index (χ1n) is 7.65. The zero-order valence-corrected chi connectivity index (χ0v) is 12.8. The Balaban J connectivity index is 1.52. The maximum absolute atomic E-state index is 12.2. The number of rotatable bonds is 4. The van der Waals surface area contributed by atoms with Gasteiger partial charge in [-0.05, 0) is 38.4 Å². The second-order valence-electron chi connectivity index (χ2n) is 6.69. The molecule has 0 atom stereocenters. The predicted octanol–water partition coefficient (Wildman–Crippen LogP) is -0.116. The minimum absolute atomic E-state index is 0.117. The van der Waals surface area contributed by atoms with E-state index in [0.29, 0.717) is 18.3 Å². The normalized spacial score (nSPS) is 22.8. The van der Waals surface area contributed by atoms with Gasteiger partial charge in [0.05, 0.1) is 12.2 Å². The first-order chi connectivity index (χ1) is 10.1. The van der Waals surface area contributed by atoms with Crippen molar-refractivity contribution >= 4 is 5.91 Å². The lowest BCUT2D eigenvalue weighted by Crippen LogP contribution is -2.44. The van der Waals surface area contributed by atoms with Crippen molar-refractivity contribution in [1.82, 2.24) is 30.5 Å². The molecule has 0 aliphatic carbocycles. The fourth-order valence-electron chi connectivity index (χ4n) is 2.74. The Bertz CT molecular complexity index is 501. The van der Waals surface area contributed by atoms with Gasteiger partial charge in [-0.1, -0.05) is 12.1 Å². The fraction of sp³-hybridized carbons (Fsp3) is 0.786. The van der Waals surface area contributed by atoms with Gasteiger partial charge < -0.3 is 15.5 Å². The minimum Gasteiger partial charge on any atom is -0.350 e. The van der Waals surface area contributed by atoms with Gasteiger partial charge in [-0.3, -0.25) is 4.79 Å². The molecule has 2 saturated heterocycles. The van der Waals surface area contributed by atoms with Crippen LogP contribution in [0.25, 0.3) is 0 Å². The molecule has 2 fully saturated rings. The van der Waals surface area contributed by atoms with Gasteiger partial charge >= 0.3 is 0 Å². The molecule has 2 aliphatic heterocycles. The van der Waals surface area contributed by atoms with Crippen molar-refractivity contribution in [3.63, 3.8) is 0 Å². The molecule has 0 radical (unpaired) electrons. The van der Waals surface area contributed by atoms with Crippen LogP contribution in [0, 0.1) is 5.41 Å². The summed E-state index contributed by atoms with van der Waals surface area (Å²) in [5.74, 6) is -0.117. The number of aromatic nitrogens is 3. The van der Waals surface area contributed by atoms with Crippen molar-refractivity contribution in [3.8, 4) is 0 Å². The molecule has 0 unspecified atom stereocenters. The number of nitrogens with one attached hydrogen (secondary N) is 2. The Kier molecular flexibility index (Phi) is 3.95. The third-order valence-electron chi connectivity index (χ3n) is 4.75. The molecule has 3 heterocycles.